The maximum atomic E-state index is 6.21. The first kappa shape index (κ1) is 15.5. The second-order valence-corrected chi connectivity index (χ2v) is 5.68. The largest absolute Gasteiger partial charge is 0.381 e. The fourth-order valence-electron chi connectivity index (χ4n) is 3.20. The van der Waals surface area contributed by atoms with Crippen molar-refractivity contribution in [1.82, 2.24) is 5.32 Å². The van der Waals surface area contributed by atoms with E-state index < -0.39 is 0 Å². The first-order chi connectivity index (χ1) is 9.63. The van der Waals surface area contributed by atoms with Gasteiger partial charge in [0.2, 0.25) is 0 Å². The molecule has 0 saturated carbocycles. The van der Waals surface area contributed by atoms with Crippen molar-refractivity contribution in [2.75, 3.05) is 26.9 Å². The number of rotatable bonds is 5. The summed E-state index contributed by atoms with van der Waals surface area (Å²) in [5.41, 5.74) is 3.83. The van der Waals surface area contributed by atoms with E-state index in [0.29, 0.717) is 0 Å². The Morgan fingerprint density at radius 2 is 1.95 bits per heavy atom. The minimum atomic E-state index is -0.149. The maximum absolute atomic E-state index is 6.21. The van der Waals surface area contributed by atoms with Gasteiger partial charge in [0.1, 0.15) is 0 Å². The van der Waals surface area contributed by atoms with Crippen LogP contribution < -0.4 is 5.32 Å². The second kappa shape index (κ2) is 6.70. The third kappa shape index (κ3) is 3.05. The summed E-state index contributed by atoms with van der Waals surface area (Å²) in [6, 6.07) is 6.92. The Balaban J connectivity index is 2.34. The molecule has 112 valence electrons. The van der Waals surface area contributed by atoms with Crippen LogP contribution in [-0.2, 0) is 9.47 Å². The first-order valence-electron chi connectivity index (χ1n) is 7.59. The Morgan fingerprint density at radius 3 is 2.50 bits per heavy atom. The van der Waals surface area contributed by atoms with Crippen molar-refractivity contribution in [1.29, 1.82) is 0 Å². The molecule has 1 aromatic carbocycles. The Labute approximate surface area is 122 Å². The molecule has 1 aromatic rings. The first-order valence-corrected chi connectivity index (χ1v) is 7.59. The highest BCUT2D eigenvalue weighted by molar-refractivity contribution is 5.33. The lowest BCUT2D eigenvalue weighted by molar-refractivity contribution is -0.127. The zero-order chi connectivity index (χ0) is 14.6. The Morgan fingerprint density at radius 1 is 1.25 bits per heavy atom. The standard InChI is InChI=1S/C17H27NO2/c1-5-20-17(8-10-19-11-9-17)16(18-4)15-7-6-13(2)14(3)12-15/h6-7,12,16,18H,5,8-11H2,1-4H3. The fraction of sp³-hybridized carbons (Fsp3) is 0.647. The van der Waals surface area contributed by atoms with E-state index in [2.05, 4.69) is 44.3 Å². The van der Waals surface area contributed by atoms with E-state index in [4.69, 9.17) is 9.47 Å². The van der Waals surface area contributed by atoms with E-state index in [9.17, 15) is 0 Å². The highest BCUT2D eigenvalue weighted by Crippen LogP contribution is 2.38. The molecule has 1 aliphatic heterocycles. The molecule has 0 aliphatic carbocycles. The number of hydrogen-bond donors (Lipinski definition) is 1. The molecule has 1 heterocycles. The number of likely N-dealkylation sites (N-methyl/N-ethyl adjacent to an activating group) is 1. The molecule has 3 nitrogen and oxygen atoms in total. The minimum Gasteiger partial charge on any atom is -0.381 e. The van der Waals surface area contributed by atoms with Gasteiger partial charge in [-0.2, -0.15) is 0 Å². The SMILES string of the molecule is CCOC1(C(NC)c2ccc(C)c(C)c2)CCOCC1. The van der Waals surface area contributed by atoms with E-state index >= 15 is 0 Å². The van der Waals surface area contributed by atoms with Crippen molar-refractivity contribution < 1.29 is 9.47 Å². The average molecular weight is 277 g/mol. The van der Waals surface area contributed by atoms with E-state index in [1.807, 2.05) is 7.05 Å². The molecule has 3 heteroatoms. The molecule has 1 N–H and O–H groups in total. The number of ether oxygens (including phenoxy) is 2. The lowest BCUT2D eigenvalue weighted by Crippen LogP contribution is -2.49. The lowest BCUT2D eigenvalue weighted by Gasteiger charge is -2.43. The van der Waals surface area contributed by atoms with Gasteiger partial charge < -0.3 is 14.8 Å². The van der Waals surface area contributed by atoms with Gasteiger partial charge in [0.05, 0.1) is 11.6 Å². The molecular formula is C17H27NO2. The average Bonchev–Trinajstić information content (AvgIpc) is 2.45. The van der Waals surface area contributed by atoms with Gasteiger partial charge in [0, 0.05) is 32.7 Å². The molecule has 0 bridgehead atoms. The van der Waals surface area contributed by atoms with Crippen LogP contribution in [0.1, 0.15) is 42.5 Å². The van der Waals surface area contributed by atoms with Crippen LogP contribution in [0.3, 0.4) is 0 Å². The number of benzene rings is 1. The predicted molar refractivity (Wildman–Crippen MR) is 82.1 cm³/mol. The normalized spacial score (nSPS) is 19.8. The van der Waals surface area contributed by atoms with Crippen LogP contribution in [0.2, 0.25) is 0 Å². The Bertz CT molecular complexity index is 433. The van der Waals surface area contributed by atoms with Gasteiger partial charge in [0.15, 0.2) is 0 Å². The molecule has 1 saturated heterocycles. The molecule has 1 fully saturated rings. The van der Waals surface area contributed by atoms with Gasteiger partial charge in [-0.05, 0) is 44.5 Å². The van der Waals surface area contributed by atoms with Gasteiger partial charge in [-0.1, -0.05) is 18.2 Å². The fourth-order valence-corrected chi connectivity index (χ4v) is 3.20. The molecule has 2 rings (SSSR count). The van der Waals surface area contributed by atoms with Crippen LogP contribution >= 0.6 is 0 Å². The van der Waals surface area contributed by atoms with E-state index in [1.165, 1.54) is 16.7 Å². The predicted octanol–water partition coefficient (Wildman–Crippen LogP) is 3.15. The number of hydrogen-bond acceptors (Lipinski definition) is 3. The van der Waals surface area contributed by atoms with Crippen molar-refractivity contribution in [2.24, 2.45) is 0 Å². The van der Waals surface area contributed by atoms with Crippen molar-refractivity contribution >= 4 is 0 Å². The summed E-state index contributed by atoms with van der Waals surface area (Å²) in [5.74, 6) is 0. The lowest BCUT2D eigenvalue weighted by atomic mass is 9.81. The maximum Gasteiger partial charge on any atom is 0.0919 e. The number of aryl methyl sites for hydroxylation is 2. The summed E-state index contributed by atoms with van der Waals surface area (Å²) in [4.78, 5) is 0. The third-order valence-electron chi connectivity index (χ3n) is 4.45. The van der Waals surface area contributed by atoms with E-state index in [0.717, 1.165) is 32.7 Å². The highest BCUT2D eigenvalue weighted by Gasteiger charge is 2.41. The van der Waals surface area contributed by atoms with Crippen LogP contribution in [0.5, 0.6) is 0 Å². The molecule has 0 radical (unpaired) electrons. The van der Waals surface area contributed by atoms with Gasteiger partial charge in [-0.15, -0.1) is 0 Å². The number of nitrogens with one attached hydrogen (secondary N) is 1. The van der Waals surface area contributed by atoms with Gasteiger partial charge >= 0.3 is 0 Å². The van der Waals surface area contributed by atoms with Gasteiger partial charge in [0.25, 0.3) is 0 Å². The molecular weight excluding hydrogens is 250 g/mol. The molecule has 0 spiro atoms. The third-order valence-corrected chi connectivity index (χ3v) is 4.45. The Kier molecular flexibility index (Phi) is 5.19. The van der Waals surface area contributed by atoms with Crippen molar-refractivity contribution in [3.63, 3.8) is 0 Å². The summed E-state index contributed by atoms with van der Waals surface area (Å²) >= 11 is 0. The second-order valence-electron chi connectivity index (χ2n) is 5.68. The molecule has 1 unspecified atom stereocenters. The van der Waals surface area contributed by atoms with Crippen molar-refractivity contribution in [3.8, 4) is 0 Å². The topological polar surface area (TPSA) is 30.5 Å². The zero-order valence-corrected chi connectivity index (χ0v) is 13.2. The van der Waals surface area contributed by atoms with Crippen LogP contribution in [0, 0.1) is 13.8 Å². The van der Waals surface area contributed by atoms with E-state index in [1.54, 1.807) is 0 Å². The van der Waals surface area contributed by atoms with Gasteiger partial charge in [-0.3, -0.25) is 0 Å². The molecule has 1 atom stereocenters. The summed E-state index contributed by atoms with van der Waals surface area (Å²) in [6.45, 7) is 8.70. The van der Waals surface area contributed by atoms with Crippen LogP contribution in [0.15, 0.2) is 18.2 Å². The van der Waals surface area contributed by atoms with Crippen molar-refractivity contribution in [2.45, 2.75) is 45.3 Å². The van der Waals surface area contributed by atoms with E-state index in [-0.39, 0.29) is 11.6 Å². The minimum absolute atomic E-state index is 0.149. The van der Waals surface area contributed by atoms with Crippen LogP contribution in [0.4, 0.5) is 0 Å². The molecule has 20 heavy (non-hydrogen) atoms. The summed E-state index contributed by atoms with van der Waals surface area (Å²) in [7, 11) is 2.02. The van der Waals surface area contributed by atoms with Crippen LogP contribution in [-0.4, -0.2) is 32.5 Å². The molecule has 0 amide bonds. The highest BCUT2D eigenvalue weighted by atomic mass is 16.5. The zero-order valence-electron chi connectivity index (χ0n) is 13.2. The quantitative estimate of drug-likeness (QED) is 0.897. The molecule has 0 aromatic heterocycles. The van der Waals surface area contributed by atoms with Gasteiger partial charge in [-0.25, -0.2) is 0 Å². The smallest absolute Gasteiger partial charge is 0.0919 e. The Hall–Kier alpha value is -0.900. The monoisotopic (exact) mass is 277 g/mol. The molecule has 1 aliphatic rings. The summed E-state index contributed by atoms with van der Waals surface area (Å²) in [5, 5.41) is 3.48. The summed E-state index contributed by atoms with van der Waals surface area (Å²) < 4.78 is 11.7. The van der Waals surface area contributed by atoms with Crippen molar-refractivity contribution in [3.05, 3.63) is 34.9 Å². The van der Waals surface area contributed by atoms with Crippen LogP contribution in [0.25, 0.3) is 0 Å². The summed E-state index contributed by atoms with van der Waals surface area (Å²) in [6.07, 6.45) is 1.89.